The highest BCUT2D eigenvalue weighted by Crippen LogP contribution is 2.27. The van der Waals surface area contributed by atoms with Gasteiger partial charge in [-0.3, -0.25) is 14.4 Å². The molecule has 0 spiro atoms. The van der Waals surface area contributed by atoms with Crippen LogP contribution in [0.1, 0.15) is 30.1 Å². The van der Waals surface area contributed by atoms with E-state index in [1.165, 1.54) is 11.8 Å². The van der Waals surface area contributed by atoms with Crippen molar-refractivity contribution in [3.8, 4) is 10.7 Å². The van der Waals surface area contributed by atoms with E-state index in [9.17, 15) is 14.4 Å². The number of nitrogens with zero attached hydrogens (tertiary/aromatic N) is 4. The molecule has 8 nitrogen and oxygen atoms in total. The second-order valence-electron chi connectivity index (χ2n) is 7.10. The third-order valence-corrected chi connectivity index (χ3v) is 6.84. The van der Waals surface area contributed by atoms with Crippen LogP contribution in [0, 0.1) is 0 Å². The maximum Gasteiger partial charge on any atom is 0.316 e. The van der Waals surface area contributed by atoms with E-state index in [0.717, 1.165) is 22.8 Å². The van der Waals surface area contributed by atoms with Crippen molar-refractivity contribution in [3.63, 3.8) is 0 Å². The van der Waals surface area contributed by atoms with E-state index in [-0.39, 0.29) is 24.1 Å². The van der Waals surface area contributed by atoms with Crippen molar-refractivity contribution in [1.82, 2.24) is 14.8 Å². The van der Waals surface area contributed by atoms with Gasteiger partial charge >= 0.3 is 5.97 Å². The summed E-state index contributed by atoms with van der Waals surface area (Å²) in [5, 5.41) is 11.0. The SMILES string of the molecule is CCn1c(SCC(=O)OCC(=O)c2ccc(N3CCCC3=O)cc2)nnc1-c1cccs1. The summed E-state index contributed by atoms with van der Waals surface area (Å²) in [5.41, 5.74) is 1.21. The number of rotatable bonds is 9. The predicted octanol–water partition coefficient (Wildman–Crippen LogP) is 3.67. The molecular formula is C22H22N4O4S2. The first-order valence-electron chi connectivity index (χ1n) is 10.3. The van der Waals surface area contributed by atoms with Gasteiger partial charge in [-0.25, -0.2) is 0 Å². The lowest BCUT2D eigenvalue weighted by Gasteiger charge is -2.15. The number of hydrogen-bond acceptors (Lipinski definition) is 8. The Bertz CT molecular complexity index is 1110. The molecular weight excluding hydrogens is 448 g/mol. The van der Waals surface area contributed by atoms with E-state index in [0.29, 0.717) is 30.2 Å². The number of thioether (sulfide) groups is 1. The second-order valence-corrected chi connectivity index (χ2v) is 8.99. The molecule has 0 unspecified atom stereocenters. The number of ketones is 1. The molecule has 3 heterocycles. The molecule has 0 bridgehead atoms. The van der Waals surface area contributed by atoms with Gasteiger partial charge in [0.25, 0.3) is 0 Å². The van der Waals surface area contributed by atoms with E-state index in [2.05, 4.69) is 10.2 Å². The number of anilines is 1. The number of esters is 1. The highest BCUT2D eigenvalue weighted by Gasteiger charge is 2.22. The number of carbonyl (C=O) groups is 3. The Morgan fingerprint density at radius 2 is 2.00 bits per heavy atom. The van der Waals surface area contributed by atoms with Gasteiger partial charge in [0.1, 0.15) is 0 Å². The van der Waals surface area contributed by atoms with E-state index < -0.39 is 5.97 Å². The van der Waals surface area contributed by atoms with Crippen molar-refractivity contribution in [1.29, 1.82) is 0 Å². The largest absolute Gasteiger partial charge is 0.457 e. The molecule has 10 heteroatoms. The van der Waals surface area contributed by atoms with Gasteiger partial charge in [-0.15, -0.1) is 21.5 Å². The molecule has 3 aromatic rings. The Balaban J connectivity index is 1.28. The van der Waals surface area contributed by atoms with Crippen LogP contribution < -0.4 is 4.90 Å². The van der Waals surface area contributed by atoms with Gasteiger partial charge in [-0.1, -0.05) is 17.8 Å². The zero-order chi connectivity index (χ0) is 22.5. The number of hydrogen-bond donors (Lipinski definition) is 0. The summed E-state index contributed by atoms with van der Waals surface area (Å²) in [5.74, 6) is 0.112. The van der Waals surface area contributed by atoms with Gasteiger partial charge in [-0.05, 0) is 49.1 Å². The molecule has 0 saturated carbocycles. The second kappa shape index (κ2) is 10.1. The summed E-state index contributed by atoms with van der Waals surface area (Å²) in [7, 11) is 0. The molecule has 1 amide bonds. The van der Waals surface area contributed by atoms with Crippen LogP contribution in [0.2, 0.25) is 0 Å². The average Bonchev–Trinajstić information content (AvgIpc) is 3.56. The highest BCUT2D eigenvalue weighted by molar-refractivity contribution is 7.99. The van der Waals surface area contributed by atoms with Crippen LogP contribution in [0.5, 0.6) is 0 Å². The first-order valence-corrected chi connectivity index (χ1v) is 12.1. The molecule has 1 aliphatic heterocycles. The average molecular weight is 471 g/mol. The Kier molecular flexibility index (Phi) is 7.01. The minimum Gasteiger partial charge on any atom is -0.457 e. The molecule has 1 saturated heterocycles. The van der Waals surface area contributed by atoms with E-state index in [1.54, 1.807) is 40.5 Å². The predicted molar refractivity (Wildman–Crippen MR) is 123 cm³/mol. The van der Waals surface area contributed by atoms with Crippen LogP contribution in [0.4, 0.5) is 5.69 Å². The fourth-order valence-electron chi connectivity index (χ4n) is 3.41. The lowest BCUT2D eigenvalue weighted by molar-refractivity contribution is -0.139. The van der Waals surface area contributed by atoms with Crippen molar-refractivity contribution in [2.75, 3.05) is 23.8 Å². The van der Waals surface area contributed by atoms with Gasteiger partial charge in [0, 0.05) is 30.8 Å². The summed E-state index contributed by atoms with van der Waals surface area (Å²) < 4.78 is 7.10. The van der Waals surface area contributed by atoms with Crippen LogP contribution in [0.3, 0.4) is 0 Å². The fourth-order valence-corrected chi connectivity index (χ4v) is 4.93. The smallest absolute Gasteiger partial charge is 0.316 e. The fraction of sp³-hybridized carbons (Fsp3) is 0.318. The van der Waals surface area contributed by atoms with E-state index >= 15 is 0 Å². The van der Waals surface area contributed by atoms with Gasteiger partial charge < -0.3 is 14.2 Å². The number of carbonyl (C=O) groups excluding carboxylic acids is 3. The normalized spacial score (nSPS) is 13.5. The molecule has 0 atom stereocenters. The van der Waals surface area contributed by atoms with Gasteiger partial charge in [-0.2, -0.15) is 0 Å². The highest BCUT2D eigenvalue weighted by atomic mass is 32.2. The van der Waals surface area contributed by atoms with Gasteiger partial charge in [0.15, 0.2) is 23.4 Å². The Morgan fingerprint density at radius 3 is 2.66 bits per heavy atom. The summed E-state index contributed by atoms with van der Waals surface area (Å²) in [4.78, 5) is 39.1. The van der Waals surface area contributed by atoms with Gasteiger partial charge in [0.05, 0.1) is 10.6 Å². The van der Waals surface area contributed by atoms with Crippen LogP contribution in [0.15, 0.2) is 46.9 Å². The molecule has 1 aromatic carbocycles. The number of amides is 1. The molecule has 0 radical (unpaired) electrons. The number of thiophene rings is 1. The van der Waals surface area contributed by atoms with Crippen molar-refractivity contribution < 1.29 is 19.1 Å². The first kappa shape index (κ1) is 22.2. The molecule has 0 N–H and O–H groups in total. The Hall–Kier alpha value is -2.98. The molecule has 166 valence electrons. The van der Waals surface area contributed by atoms with E-state index in [4.69, 9.17) is 4.74 Å². The Labute approximate surface area is 193 Å². The first-order chi connectivity index (χ1) is 15.6. The lowest BCUT2D eigenvalue weighted by Crippen LogP contribution is -2.23. The number of Topliss-reactive ketones (excluding diaryl/α,β-unsaturated/α-hetero) is 1. The molecule has 1 fully saturated rings. The van der Waals surface area contributed by atoms with Crippen molar-refractivity contribution in [2.45, 2.75) is 31.5 Å². The monoisotopic (exact) mass is 470 g/mol. The molecule has 2 aromatic heterocycles. The van der Waals surface area contributed by atoms with E-state index in [1.807, 2.05) is 29.0 Å². The summed E-state index contributed by atoms with van der Waals surface area (Å²) in [6.45, 7) is 3.03. The minimum absolute atomic E-state index is 0.0336. The minimum atomic E-state index is -0.494. The van der Waals surface area contributed by atoms with Crippen LogP contribution >= 0.6 is 23.1 Å². The number of aromatic nitrogens is 3. The molecule has 1 aliphatic rings. The van der Waals surface area contributed by atoms with Gasteiger partial charge in [0.2, 0.25) is 5.91 Å². The van der Waals surface area contributed by atoms with Crippen LogP contribution in [0.25, 0.3) is 10.7 Å². The summed E-state index contributed by atoms with van der Waals surface area (Å²) in [6.07, 6.45) is 1.40. The molecule has 4 rings (SSSR count). The maximum absolute atomic E-state index is 12.4. The topological polar surface area (TPSA) is 94.4 Å². The quantitative estimate of drug-likeness (QED) is 0.267. The summed E-state index contributed by atoms with van der Waals surface area (Å²) >= 11 is 2.81. The van der Waals surface area contributed by atoms with Crippen molar-refractivity contribution >= 4 is 46.4 Å². The standard InChI is InChI=1S/C22H22N4O4S2/c1-2-25-21(18-5-4-12-31-18)23-24-22(25)32-14-20(29)30-13-17(27)15-7-9-16(10-8-15)26-11-3-6-19(26)28/h4-5,7-10,12H,2-3,6,11,13-14H2,1H3. The van der Waals surface area contributed by atoms with Crippen molar-refractivity contribution in [3.05, 3.63) is 47.3 Å². The maximum atomic E-state index is 12.4. The molecule has 0 aliphatic carbocycles. The third kappa shape index (κ3) is 4.91. The van der Waals surface area contributed by atoms with Crippen molar-refractivity contribution in [2.24, 2.45) is 0 Å². The van der Waals surface area contributed by atoms with Crippen LogP contribution in [-0.4, -0.2) is 51.3 Å². The number of ether oxygens (including phenoxy) is 1. The molecule has 32 heavy (non-hydrogen) atoms. The zero-order valence-corrected chi connectivity index (χ0v) is 19.2. The zero-order valence-electron chi connectivity index (χ0n) is 17.5. The number of benzene rings is 1. The summed E-state index contributed by atoms with van der Waals surface area (Å²) in [6, 6.07) is 10.7. The third-order valence-electron chi connectivity index (χ3n) is 5.03. The van der Waals surface area contributed by atoms with Crippen LogP contribution in [-0.2, 0) is 20.9 Å². The lowest BCUT2D eigenvalue weighted by atomic mass is 10.1. The Morgan fingerprint density at radius 1 is 1.19 bits per heavy atom.